The number of ether oxygens (including phenoxy) is 2. The zero-order valence-electron chi connectivity index (χ0n) is 21.3. The number of methoxy groups -OCH3 is 1. The van der Waals surface area contributed by atoms with Crippen LogP contribution in [0.15, 0.2) is 84.5 Å². The number of aromatic nitrogens is 3. The first kappa shape index (κ1) is 26.1. The van der Waals surface area contributed by atoms with Crippen LogP contribution in [0.3, 0.4) is 0 Å². The van der Waals surface area contributed by atoms with Crippen molar-refractivity contribution in [3.8, 4) is 17.2 Å². The fourth-order valence-corrected chi connectivity index (χ4v) is 3.70. The van der Waals surface area contributed by atoms with E-state index in [4.69, 9.17) is 9.47 Å². The molecule has 0 saturated heterocycles. The third-order valence-corrected chi connectivity index (χ3v) is 5.63. The lowest BCUT2D eigenvalue weighted by atomic mass is 10.2. The predicted octanol–water partition coefficient (Wildman–Crippen LogP) is 4.98. The molecule has 2 aromatic carbocycles. The minimum absolute atomic E-state index is 0.0375. The molecule has 0 aliphatic carbocycles. The van der Waals surface area contributed by atoms with Crippen LogP contribution in [0.2, 0.25) is 0 Å². The standard InChI is InChI=1S/C28H28N6O4/c1-4-14-34(33-20-8-6-5-7-9-20)19(2)24(18-35)27(36)32-28-30-16-22(17-31-28)38-26-12-13-29-25-15-21(37-3)10-11-23(25)26/h5-13,15-18,33H,4,14H2,1-3H3,(H,30,31,32,36)/b24-19+. The number of nitrogens with one attached hydrogen (secondary N) is 2. The maximum absolute atomic E-state index is 12.9. The fraction of sp³-hybridized carbons (Fsp3) is 0.179. The molecule has 1 amide bonds. The molecule has 10 nitrogen and oxygen atoms in total. The van der Waals surface area contributed by atoms with Crippen molar-refractivity contribution in [3.05, 3.63) is 84.5 Å². The van der Waals surface area contributed by atoms with E-state index in [1.54, 1.807) is 31.3 Å². The zero-order valence-corrected chi connectivity index (χ0v) is 21.3. The highest BCUT2D eigenvalue weighted by Crippen LogP contribution is 2.30. The van der Waals surface area contributed by atoms with E-state index in [0.717, 1.165) is 17.5 Å². The summed E-state index contributed by atoms with van der Waals surface area (Å²) in [6, 6.07) is 16.7. The lowest BCUT2D eigenvalue weighted by molar-refractivity contribution is -0.115. The molecule has 0 aliphatic heterocycles. The van der Waals surface area contributed by atoms with Crippen molar-refractivity contribution in [1.82, 2.24) is 20.0 Å². The molecule has 0 bridgehead atoms. The molecular formula is C28H28N6O4. The normalized spacial score (nSPS) is 11.3. The number of fused-ring (bicyclic) bond motifs is 1. The van der Waals surface area contributed by atoms with Gasteiger partial charge in [0.2, 0.25) is 5.95 Å². The van der Waals surface area contributed by atoms with Gasteiger partial charge in [-0.2, -0.15) is 0 Å². The summed E-state index contributed by atoms with van der Waals surface area (Å²) in [4.78, 5) is 37.5. The van der Waals surface area contributed by atoms with Crippen molar-refractivity contribution in [3.63, 3.8) is 0 Å². The number of benzene rings is 2. The molecule has 0 unspecified atom stereocenters. The van der Waals surface area contributed by atoms with Gasteiger partial charge in [0.15, 0.2) is 12.0 Å². The van der Waals surface area contributed by atoms with Gasteiger partial charge in [0.25, 0.3) is 5.91 Å². The lowest BCUT2D eigenvalue weighted by Gasteiger charge is -2.27. The monoisotopic (exact) mass is 512 g/mol. The molecule has 0 radical (unpaired) electrons. The second kappa shape index (κ2) is 12.3. The highest BCUT2D eigenvalue weighted by atomic mass is 16.5. The molecule has 4 aromatic rings. The fourth-order valence-electron chi connectivity index (χ4n) is 3.70. The summed E-state index contributed by atoms with van der Waals surface area (Å²) in [5.74, 6) is 1.06. The number of aldehydes is 1. The van der Waals surface area contributed by atoms with E-state index in [0.29, 0.717) is 41.3 Å². The third-order valence-electron chi connectivity index (χ3n) is 5.63. The highest BCUT2D eigenvalue weighted by molar-refractivity contribution is 6.16. The molecule has 0 atom stereocenters. The Morgan fingerprint density at radius 1 is 1.03 bits per heavy atom. The van der Waals surface area contributed by atoms with Gasteiger partial charge in [-0.3, -0.25) is 30.3 Å². The largest absolute Gasteiger partial charge is 0.497 e. The minimum atomic E-state index is -0.615. The second-order valence-electron chi connectivity index (χ2n) is 8.24. The first-order valence-electron chi connectivity index (χ1n) is 12.0. The number of hydrogen-bond donors (Lipinski definition) is 2. The van der Waals surface area contributed by atoms with E-state index in [1.165, 1.54) is 12.4 Å². The number of carbonyl (C=O) groups is 2. The number of allylic oxidation sites excluding steroid dienone is 1. The summed E-state index contributed by atoms with van der Waals surface area (Å²) in [6.07, 6.45) is 5.85. The van der Waals surface area contributed by atoms with Gasteiger partial charge in [0, 0.05) is 29.9 Å². The van der Waals surface area contributed by atoms with Crippen LogP contribution in [0.4, 0.5) is 11.6 Å². The summed E-state index contributed by atoms with van der Waals surface area (Å²) in [6.45, 7) is 4.31. The van der Waals surface area contributed by atoms with Crippen LogP contribution in [0, 0.1) is 0 Å². The molecule has 0 aliphatic rings. The molecule has 2 heterocycles. The SMILES string of the molecule is CCCN(Nc1ccccc1)/C(C)=C(\C=O)C(=O)Nc1ncc(Oc2ccnc3cc(OC)ccc23)cn1. The average molecular weight is 513 g/mol. The van der Waals surface area contributed by atoms with Crippen LogP contribution >= 0.6 is 0 Å². The van der Waals surface area contributed by atoms with Crippen LogP contribution in [-0.4, -0.2) is 45.8 Å². The van der Waals surface area contributed by atoms with Crippen LogP contribution in [0.5, 0.6) is 17.2 Å². The maximum Gasteiger partial charge on any atom is 0.263 e. The Kier molecular flexibility index (Phi) is 8.45. The lowest BCUT2D eigenvalue weighted by Crippen LogP contribution is -2.32. The zero-order chi connectivity index (χ0) is 26.9. The summed E-state index contributed by atoms with van der Waals surface area (Å²) < 4.78 is 11.2. The van der Waals surface area contributed by atoms with E-state index in [9.17, 15) is 9.59 Å². The number of nitrogens with zero attached hydrogens (tertiary/aromatic N) is 4. The number of anilines is 2. The van der Waals surface area contributed by atoms with Gasteiger partial charge in [-0.05, 0) is 43.7 Å². The Hall–Kier alpha value is -4.99. The molecule has 2 N–H and O–H groups in total. The molecule has 0 saturated carbocycles. The van der Waals surface area contributed by atoms with Crippen LogP contribution in [0.1, 0.15) is 20.3 Å². The minimum Gasteiger partial charge on any atom is -0.497 e. The van der Waals surface area contributed by atoms with Crippen molar-refractivity contribution in [1.29, 1.82) is 0 Å². The maximum atomic E-state index is 12.9. The Morgan fingerprint density at radius 3 is 2.47 bits per heavy atom. The Balaban J connectivity index is 1.48. The second-order valence-corrected chi connectivity index (χ2v) is 8.24. The summed E-state index contributed by atoms with van der Waals surface area (Å²) in [5.41, 5.74) is 5.23. The van der Waals surface area contributed by atoms with Crippen molar-refractivity contribution in [2.24, 2.45) is 0 Å². The van der Waals surface area contributed by atoms with E-state index in [1.807, 2.05) is 55.5 Å². The van der Waals surface area contributed by atoms with E-state index >= 15 is 0 Å². The Bertz CT molecular complexity index is 1440. The van der Waals surface area contributed by atoms with Gasteiger partial charge in [0.1, 0.15) is 17.1 Å². The molecule has 0 fully saturated rings. The highest BCUT2D eigenvalue weighted by Gasteiger charge is 2.18. The molecule has 10 heteroatoms. The molecule has 2 aromatic heterocycles. The van der Waals surface area contributed by atoms with Crippen molar-refractivity contribution < 1.29 is 19.1 Å². The van der Waals surface area contributed by atoms with Crippen LogP contribution < -0.4 is 20.2 Å². The first-order chi connectivity index (χ1) is 18.5. The molecular weight excluding hydrogens is 484 g/mol. The number of hydrazine groups is 1. The van der Waals surface area contributed by atoms with Gasteiger partial charge in [-0.25, -0.2) is 9.97 Å². The summed E-state index contributed by atoms with van der Waals surface area (Å²) in [7, 11) is 1.59. The van der Waals surface area contributed by atoms with Crippen LogP contribution in [-0.2, 0) is 9.59 Å². The summed E-state index contributed by atoms with van der Waals surface area (Å²) in [5, 5.41) is 5.15. The molecule has 194 valence electrons. The molecule has 4 rings (SSSR count). The average Bonchev–Trinajstić information content (AvgIpc) is 2.94. The van der Waals surface area contributed by atoms with Crippen molar-refractivity contribution >= 4 is 34.7 Å². The Labute approximate surface area is 220 Å². The number of para-hydroxylation sites is 1. The number of hydrogen-bond acceptors (Lipinski definition) is 9. The van der Waals surface area contributed by atoms with Crippen molar-refractivity contribution in [2.45, 2.75) is 20.3 Å². The topological polar surface area (TPSA) is 119 Å². The van der Waals surface area contributed by atoms with E-state index < -0.39 is 5.91 Å². The van der Waals surface area contributed by atoms with Crippen molar-refractivity contribution in [2.75, 3.05) is 24.4 Å². The number of pyridine rings is 1. The quantitative estimate of drug-likeness (QED) is 0.0943. The van der Waals surface area contributed by atoms with Gasteiger partial charge >= 0.3 is 0 Å². The molecule has 0 spiro atoms. The summed E-state index contributed by atoms with van der Waals surface area (Å²) >= 11 is 0. The third kappa shape index (κ3) is 6.22. The predicted molar refractivity (Wildman–Crippen MR) is 145 cm³/mol. The van der Waals surface area contributed by atoms with E-state index in [2.05, 4.69) is 25.7 Å². The molecule has 38 heavy (non-hydrogen) atoms. The van der Waals surface area contributed by atoms with Gasteiger partial charge in [-0.15, -0.1) is 0 Å². The van der Waals surface area contributed by atoms with Gasteiger partial charge in [0.05, 0.1) is 30.7 Å². The van der Waals surface area contributed by atoms with Gasteiger partial charge in [-0.1, -0.05) is 25.1 Å². The smallest absolute Gasteiger partial charge is 0.263 e. The van der Waals surface area contributed by atoms with Crippen LogP contribution in [0.25, 0.3) is 10.9 Å². The van der Waals surface area contributed by atoms with Gasteiger partial charge < -0.3 is 9.47 Å². The number of amides is 1. The first-order valence-corrected chi connectivity index (χ1v) is 12.0. The number of carbonyl (C=O) groups excluding carboxylic acids is 2. The Morgan fingerprint density at radius 2 is 1.79 bits per heavy atom. The van der Waals surface area contributed by atoms with E-state index in [-0.39, 0.29) is 11.5 Å². The number of rotatable bonds is 11.